The maximum Gasteiger partial charge on any atom is 0.240 e. The van der Waals surface area contributed by atoms with Gasteiger partial charge in [0.2, 0.25) is 5.91 Å². The smallest absolute Gasteiger partial charge is 0.240 e. The molecule has 1 aromatic carbocycles. The summed E-state index contributed by atoms with van der Waals surface area (Å²) in [5, 5.41) is 11.9. The van der Waals surface area contributed by atoms with Gasteiger partial charge >= 0.3 is 0 Å². The lowest BCUT2D eigenvalue weighted by molar-refractivity contribution is -0.121. The number of hydrogen-bond donors (Lipinski definition) is 2. The number of hydrogen-bond acceptors (Lipinski definition) is 3. The van der Waals surface area contributed by atoms with Crippen molar-refractivity contribution >= 4 is 11.6 Å². The highest BCUT2D eigenvalue weighted by molar-refractivity contribution is 5.82. The van der Waals surface area contributed by atoms with E-state index in [0.717, 1.165) is 12.2 Å². The van der Waals surface area contributed by atoms with Crippen LogP contribution in [0, 0.1) is 0 Å². The van der Waals surface area contributed by atoms with Gasteiger partial charge in [0.15, 0.2) is 0 Å². The summed E-state index contributed by atoms with van der Waals surface area (Å²) in [7, 11) is 0. The number of aliphatic hydroxyl groups is 1. The van der Waals surface area contributed by atoms with Crippen LogP contribution in [0.15, 0.2) is 30.3 Å². The second kappa shape index (κ2) is 6.40. The first-order valence-corrected chi connectivity index (χ1v) is 6.20. The van der Waals surface area contributed by atoms with Gasteiger partial charge < -0.3 is 15.3 Å². The van der Waals surface area contributed by atoms with Crippen LogP contribution in [0.1, 0.15) is 20.8 Å². The fraction of sp³-hybridized carbons (Fsp3) is 0.500. The fourth-order valence-electron chi connectivity index (χ4n) is 1.65. The highest BCUT2D eigenvalue weighted by Gasteiger charge is 2.20. The monoisotopic (exact) mass is 250 g/mol. The summed E-state index contributed by atoms with van der Waals surface area (Å²) in [5.41, 5.74) is 0.449. The number of nitrogens with one attached hydrogen (secondary N) is 1. The molecule has 0 unspecified atom stereocenters. The van der Waals surface area contributed by atoms with Crippen LogP contribution in [0.3, 0.4) is 0 Å². The van der Waals surface area contributed by atoms with E-state index in [1.54, 1.807) is 13.8 Å². The minimum atomic E-state index is -0.576. The van der Waals surface area contributed by atoms with Crippen LogP contribution < -0.4 is 10.2 Å². The topological polar surface area (TPSA) is 52.6 Å². The predicted octanol–water partition coefficient (Wildman–Crippen LogP) is 1.40. The number of benzene rings is 1. The Labute approximate surface area is 109 Å². The van der Waals surface area contributed by atoms with Gasteiger partial charge in [0.25, 0.3) is 0 Å². The lowest BCUT2D eigenvalue weighted by Gasteiger charge is -2.27. The van der Waals surface area contributed by atoms with Crippen molar-refractivity contribution in [2.45, 2.75) is 26.3 Å². The molecule has 0 bridgehead atoms. The number of nitrogens with zero attached hydrogens (tertiary/aromatic N) is 1. The molecule has 0 radical (unpaired) electrons. The van der Waals surface area contributed by atoms with Crippen LogP contribution in [0.5, 0.6) is 0 Å². The minimum absolute atomic E-state index is 0.0732. The number of para-hydroxylation sites is 1. The third-order valence-electron chi connectivity index (χ3n) is 2.71. The van der Waals surface area contributed by atoms with Crippen LogP contribution in [0.4, 0.5) is 5.69 Å². The zero-order chi connectivity index (χ0) is 13.6. The highest BCUT2D eigenvalue weighted by Crippen LogP contribution is 2.12. The Morgan fingerprint density at radius 1 is 1.33 bits per heavy atom. The van der Waals surface area contributed by atoms with E-state index in [4.69, 9.17) is 5.11 Å². The molecule has 0 aliphatic heterocycles. The van der Waals surface area contributed by atoms with Crippen molar-refractivity contribution in [1.29, 1.82) is 0 Å². The lowest BCUT2D eigenvalue weighted by atomic mass is 10.1. The summed E-state index contributed by atoms with van der Waals surface area (Å²) < 4.78 is 0. The molecule has 1 rings (SSSR count). The van der Waals surface area contributed by atoms with Crippen LogP contribution in [0.2, 0.25) is 0 Å². The standard InChI is InChI=1S/C14H22N2O2/c1-4-16(12-8-6-5-7-9-12)10-13(18)15-14(2,3)11-17/h5-9,17H,4,10-11H2,1-3H3,(H,15,18). The molecule has 2 N–H and O–H groups in total. The fourth-order valence-corrected chi connectivity index (χ4v) is 1.65. The van der Waals surface area contributed by atoms with Gasteiger partial charge in [-0.3, -0.25) is 4.79 Å². The molecule has 0 aliphatic carbocycles. The number of likely N-dealkylation sites (N-methyl/N-ethyl adjacent to an activating group) is 1. The van der Waals surface area contributed by atoms with Crippen molar-refractivity contribution in [3.63, 3.8) is 0 Å². The first kappa shape index (κ1) is 14.5. The van der Waals surface area contributed by atoms with Gasteiger partial charge in [0, 0.05) is 12.2 Å². The molecule has 1 aromatic rings. The normalized spacial score (nSPS) is 11.1. The van der Waals surface area contributed by atoms with E-state index in [1.165, 1.54) is 0 Å². The number of carbonyl (C=O) groups is 1. The molecule has 0 atom stereocenters. The molecule has 0 saturated carbocycles. The molecule has 18 heavy (non-hydrogen) atoms. The van der Waals surface area contributed by atoms with E-state index in [0.29, 0.717) is 6.54 Å². The average Bonchev–Trinajstić information content (AvgIpc) is 2.36. The van der Waals surface area contributed by atoms with Crippen molar-refractivity contribution in [3.8, 4) is 0 Å². The zero-order valence-electron chi connectivity index (χ0n) is 11.3. The maximum absolute atomic E-state index is 11.9. The van der Waals surface area contributed by atoms with Gasteiger partial charge in [0.1, 0.15) is 0 Å². The number of rotatable bonds is 6. The van der Waals surface area contributed by atoms with Gasteiger partial charge in [-0.25, -0.2) is 0 Å². The average molecular weight is 250 g/mol. The van der Waals surface area contributed by atoms with E-state index in [1.807, 2.05) is 42.2 Å². The number of carbonyl (C=O) groups excluding carboxylic acids is 1. The highest BCUT2D eigenvalue weighted by atomic mass is 16.3. The second-order valence-corrected chi connectivity index (χ2v) is 4.94. The van der Waals surface area contributed by atoms with E-state index in [9.17, 15) is 4.79 Å². The van der Waals surface area contributed by atoms with Gasteiger partial charge in [-0.1, -0.05) is 18.2 Å². The first-order chi connectivity index (χ1) is 8.48. The van der Waals surface area contributed by atoms with Crippen LogP contribution in [0.25, 0.3) is 0 Å². The quantitative estimate of drug-likeness (QED) is 0.802. The van der Waals surface area contributed by atoms with Crippen LogP contribution in [-0.2, 0) is 4.79 Å². The number of anilines is 1. The van der Waals surface area contributed by atoms with Gasteiger partial charge in [-0.05, 0) is 32.9 Å². The Morgan fingerprint density at radius 3 is 2.44 bits per heavy atom. The Morgan fingerprint density at radius 2 is 1.94 bits per heavy atom. The van der Waals surface area contributed by atoms with Gasteiger partial charge in [0.05, 0.1) is 18.7 Å². The zero-order valence-corrected chi connectivity index (χ0v) is 11.3. The lowest BCUT2D eigenvalue weighted by Crippen LogP contribution is -2.50. The summed E-state index contributed by atoms with van der Waals surface area (Å²) >= 11 is 0. The molecule has 0 aromatic heterocycles. The Kier molecular flexibility index (Phi) is 5.16. The van der Waals surface area contributed by atoms with Gasteiger partial charge in [-0.2, -0.15) is 0 Å². The van der Waals surface area contributed by atoms with E-state index >= 15 is 0 Å². The summed E-state index contributed by atoms with van der Waals surface area (Å²) in [6.07, 6.45) is 0. The molecule has 0 saturated heterocycles. The molecular weight excluding hydrogens is 228 g/mol. The van der Waals surface area contributed by atoms with Crippen LogP contribution >= 0.6 is 0 Å². The largest absolute Gasteiger partial charge is 0.394 e. The minimum Gasteiger partial charge on any atom is -0.394 e. The molecule has 0 spiro atoms. The second-order valence-electron chi connectivity index (χ2n) is 4.94. The molecule has 4 heteroatoms. The Balaban J connectivity index is 2.62. The van der Waals surface area contributed by atoms with E-state index < -0.39 is 5.54 Å². The number of aliphatic hydroxyl groups excluding tert-OH is 1. The Bertz CT molecular complexity index is 377. The van der Waals surface area contributed by atoms with Crippen molar-refractivity contribution in [2.24, 2.45) is 0 Å². The molecular formula is C14H22N2O2. The van der Waals surface area contributed by atoms with E-state index in [2.05, 4.69) is 5.32 Å². The van der Waals surface area contributed by atoms with E-state index in [-0.39, 0.29) is 12.5 Å². The van der Waals surface area contributed by atoms with Crippen molar-refractivity contribution < 1.29 is 9.90 Å². The van der Waals surface area contributed by atoms with Crippen molar-refractivity contribution in [1.82, 2.24) is 5.32 Å². The van der Waals surface area contributed by atoms with Crippen molar-refractivity contribution in [2.75, 3.05) is 24.6 Å². The third kappa shape index (κ3) is 4.37. The van der Waals surface area contributed by atoms with Crippen molar-refractivity contribution in [3.05, 3.63) is 30.3 Å². The molecule has 4 nitrogen and oxygen atoms in total. The Hall–Kier alpha value is -1.55. The predicted molar refractivity (Wildman–Crippen MR) is 73.6 cm³/mol. The summed E-state index contributed by atoms with van der Waals surface area (Å²) in [5.74, 6) is -0.0836. The molecule has 0 fully saturated rings. The molecule has 100 valence electrons. The molecule has 0 aliphatic rings. The number of amides is 1. The SMILES string of the molecule is CCN(CC(=O)NC(C)(C)CO)c1ccccc1. The molecule has 0 heterocycles. The van der Waals surface area contributed by atoms with Gasteiger partial charge in [-0.15, -0.1) is 0 Å². The maximum atomic E-state index is 11.9. The first-order valence-electron chi connectivity index (χ1n) is 6.20. The summed E-state index contributed by atoms with van der Waals surface area (Å²) in [6, 6.07) is 9.81. The third-order valence-corrected chi connectivity index (χ3v) is 2.71. The summed E-state index contributed by atoms with van der Waals surface area (Å²) in [4.78, 5) is 13.9. The van der Waals surface area contributed by atoms with Crippen LogP contribution in [-0.4, -0.2) is 36.2 Å². The summed E-state index contributed by atoms with van der Waals surface area (Å²) in [6.45, 7) is 6.59. The molecule has 1 amide bonds.